The van der Waals surface area contributed by atoms with E-state index in [2.05, 4.69) is 42.5 Å². The molecule has 0 bridgehead atoms. The van der Waals surface area contributed by atoms with E-state index in [1.165, 1.54) is 18.5 Å². The summed E-state index contributed by atoms with van der Waals surface area (Å²) >= 11 is 1.72. The molecule has 0 radical (unpaired) electrons. The number of piperidine rings is 1. The largest absolute Gasteiger partial charge is 0.356 e. The second-order valence-corrected chi connectivity index (χ2v) is 9.41. The third-order valence-corrected chi connectivity index (χ3v) is 6.87. The van der Waals surface area contributed by atoms with Gasteiger partial charge >= 0.3 is 0 Å². The van der Waals surface area contributed by atoms with Gasteiger partial charge in [-0.25, -0.2) is 4.98 Å². The second kappa shape index (κ2) is 9.78. The molecule has 0 unspecified atom stereocenters. The van der Waals surface area contributed by atoms with Crippen LogP contribution in [0.4, 0.5) is 5.69 Å². The number of aryl methyl sites for hydroxylation is 2. The van der Waals surface area contributed by atoms with Crippen LogP contribution in [0.3, 0.4) is 0 Å². The van der Waals surface area contributed by atoms with Crippen LogP contribution in [0.5, 0.6) is 0 Å². The Morgan fingerprint density at radius 1 is 1.29 bits per heavy atom. The lowest BCUT2D eigenvalue weighted by Gasteiger charge is -2.36. The minimum atomic E-state index is 0.0767. The first-order chi connectivity index (χ1) is 15.0. The molecular weight excluding hydrogens is 412 g/mol. The highest BCUT2D eigenvalue weighted by Crippen LogP contribution is 2.20. The fourth-order valence-electron chi connectivity index (χ4n) is 4.30. The Morgan fingerprint density at radius 2 is 2.10 bits per heavy atom. The summed E-state index contributed by atoms with van der Waals surface area (Å²) in [5, 5.41) is 11.0. The maximum atomic E-state index is 12.7. The maximum absolute atomic E-state index is 12.7. The third kappa shape index (κ3) is 5.43. The Kier molecular flexibility index (Phi) is 6.86. The van der Waals surface area contributed by atoms with E-state index < -0.39 is 0 Å². The van der Waals surface area contributed by atoms with Crippen molar-refractivity contribution in [1.29, 1.82) is 0 Å². The van der Waals surface area contributed by atoms with E-state index >= 15 is 0 Å². The van der Waals surface area contributed by atoms with Gasteiger partial charge in [0.1, 0.15) is 6.54 Å². The van der Waals surface area contributed by atoms with E-state index in [0.29, 0.717) is 19.0 Å². The highest BCUT2D eigenvalue weighted by atomic mass is 32.1. The van der Waals surface area contributed by atoms with Crippen molar-refractivity contribution in [3.05, 3.63) is 28.5 Å². The number of carbonyl (C=O) groups excluding carboxylic acids is 1. The van der Waals surface area contributed by atoms with Crippen LogP contribution in [0.2, 0.25) is 0 Å². The van der Waals surface area contributed by atoms with Gasteiger partial charge in [-0.2, -0.15) is 5.10 Å². The highest BCUT2D eigenvalue weighted by Gasteiger charge is 2.28. The van der Waals surface area contributed by atoms with Gasteiger partial charge in [-0.05, 0) is 38.8 Å². The zero-order valence-corrected chi connectivity index (χ0v) is 19.4. The van der Waals surface area contributed by atoms with Crippen LogP contribution in [-0.2, 0) is 18.4 Å². The van der Waals surface area contributed by atoms with Crippen LogP contribution >= 0.6 is 11.3 Å². The summed E-state index contributed by atoms with van der Waals surface area (Å²) in [4.78, 5) is 28.0. The molecule has 10 heteroatoms. The second-order valence-electron chi connectivity index (χ2n) is 8.34. The molecule has 0 aromatic carbocycles. The van der Waals surface area contributed by atoms with Gasteiger partial charge in [-0.1, -0.05) is 0 Å². The molecule has 4 heterocycles. The van der Waals surface area contributed by atoms with Gasteiger partial charge in [0.05, 0.1) is 22.6 Å². The van der Waals surface area contributed by atoms with Crippen LogP contribution in [0, 0.1) is 12.8 Å². The van der Waals surface area contributed by atoms with Gasteiger partial charge < -0.3 is 15.1 Å². The fraction of sp³-hybridized carbons (Fsp3) is 0.619. The van der Waals surface area contributed by atoms with Crippen molar-refractivity contribution >= 4 is 28.9 Å². The van der Waals surface area contributed by atoms with Gasteiger partial charge in [0.2, 0.25) is 5.91 Å². The van der Waals surface area contributed by atoms with Crippen LogP contribution in [0.25, 0.3) is 0 Å². The molecule has 1 N–H and O–H groups in total. The van der Waals surface area contributed by atoms with Crippen molar-refractivity contribution in [1.82, 2.24) is 29.9 Å². The van der Waals surface area contributed by atoms with Crippen molar-refractivity contribution in [3.63, 3.8) is 0 Å². The Hall–Kier alpha value is -2.46. The number of aliphatic imine (C=N–C) groups is 1. The van der Waals surface area contributed by atoms with E-state index in [-0.39, 0.29) is 5.91 Å². The number of guanidine groups is 1. The molecule has 168 valence electrons. The number of nitrogens with one attached hydrogen (secondary N) is 1. The van der Waals surface area contributed by atoms with Crippen LogP contribution < -0.4 is 10.2 Å². The zero-order valence-electron chi connectivity index (χ0n) is 18.6. The van der Waals surface area contributed by atoms with E-state index in [9.17, 15) is 4.79 Å². The predicted molar refractivity (Wildman–Crippen MR) is 123 cm³/mol. The van der Waals surface area contributed by atoms with E-state index in [0.717, 1.165) is 49.4 Å². The van der Waals surface area contributed by atoms with Crippen LogP contribution in [0.1, 0.15) is 23.5 Å². The van der Waals surface area contributed by atoms with Gasteiger partial charge in [0.15, 0.2) is 5.96 Å². The SMILES string of the molecule is CN=C(NCC1CCN(Cc2csc(C)n2)CC1)N1CCN(c2cnn(C)c2)C(=O)C1. The number of rotatable bonds is 5. The smallest absolute Gasteiger partial charge is 0.246 e. The predicted octanol–water partition coefficient (Wildman–Crippen LogP) is 1.32. The zero-order chi connectivity index (χ0) is 21.8. The molecule has 2 saturated heterocycles. The van der Waals surface area contributed by atoms with Crippen molar-refractivity contribution < 1.29 is 4.79 Å². The summed E-state index contributed by atoms with van der Waals surface area (Å²) in [5.41, 5.74) is 2.05. The number of anilines is 1. The standard InChI is InChI=1S/C21H32N8OS/c1-16-25-18(15-31-16)12-27-6-4-17(5-7-27)10-23-21(22-2)28-8-9-29(20(30)14-28)19-11-24-26(3)13-19/h11,13,15,17H,4-10,12,14H2,1-3H3,(H,22,23). The van der Waals surface area contributed by atoms with E-state index in [4.69, 9.17) is 0 Å². The van der Waals surface area contributed by atoms with Gasteiger partial charge in [0, 0.05) is 51.9 Å². The van der Waals surface area contributed by atoms with Gasteiger partial charge in [0.25, 0.3) is 0 Å². The molecule has 2 aliphatic rings. The molecule has 2 aliphatic heterocycles. The summed E-state index contributed by atoms with van der Waals surface area (Å²) in [6.07, 6.45) is 5.95. The molecule has 0 aliphatic carbocycles. The first-order valence-electron chi connectivity index (χ1n) is 10.9. The molecule has 2 fully saturated rings. The van der Waals surface area contributed by atoms with E-state index in [1.807, 2.05) is 13.2 Å². The maximum Gasteiger partial charge on any atom is 0.246 e. The normalized spacial score (nSPS) is 19.3. The molecule has 31 heavy (non-hydrogen) atoms. The molecule has 2 aromatic heterocycles. The number of thiazole rings is 1. The van der Waals surface area contributed by atoms with Crippen molar-refractivity contribution in [2.24, 2.45) is 18.0 Å². The average molecular weight is 445 g/mol. The van der Waals surface area contributed by atoms with Gasteiger partial charge in [-0.15, -0.1) is 11.3 Å². The third-order valence-electron chi connectivity index (χ3n) is 6.04. The number of aromatic nitrogens is 3. The van der Waals surface area contributed by atoms with Crippen molar-refractivity contribution in [2.75, 3.05) is 51.2 Å². The molecule has 4 rings (SSSR count). The number of nitrogens with zero attached hydrogens (tertiary/aromatic N) is 7. The molecular formula is C21H32N8OS. The number of likely N-dealkylation sites (tertiary alicyclic amines) is 1. The quantitative estimate of drug-likeness (QED) is 0.553. The minimum absolute atomic E-state index is 0.0767. The lowest BCUT2D eigenvalue weighted by molar-refractivity contribution is -0.120. The minimum Gasteiger partial charge on any atom is -0.356 e. The molecule has 0 atom stereocenters. The Morgan fingerprint density at radius 3 is 2.71 bits per heavy atom. The summed E-state index contributed by atoms with van der Waals surface area (Å²) in [6, 6.07) is 0. The molecule has 9 nitrogen and oxygen atoms in total. The first-order valence-corrected chi connectivity index (χ1v) is 11.8. The number of carbonyl (C=O) groups is 1. The number of hydrogen-bond acceptors (Lipinski definition) is 6. The number of piperazine rings is 1. The monoisotopic (exact) mass is 444 g/mol. The van der Waals surface area contributed by atoms with Crippen molar-refractivity contribution in [3.8, 4) is 0 Å². The molecule has 1 amide bonds. The average Bonchev–Trinajstić information content (AvgIpc) is 3.37. The fourth-order valence-corrected chi connectivity index (χ4v) is 4.91. The molecule has 2 aromatic rings. The van der Waals surface area contributed by atoms with E-state index in [1.54, 1.807) is 34.2 Å². The number of amides is 1. The molecule has 0 spiro atoms. The Bertz CT molecular complexity index is 914. The molecule has 0 saturated carbocycles. The highest BCUT2D eigenvalue weighted by molar-refractivity contribution is 7.09. The van der Waals surface area contributed by atoms with Gasteiger partial charge in [-0.3, -0.25) is 19.4 Å². The Labute approximate surface area is 187 Å². The Balaban J connectivity index is 1.22. The lowest BCUT2D eigenvalue weighted by Crippen LogP contribution is -2.56. The van der Waals surface area contributed by atoms with Crippen LogP contribution in [-0.4, -0.2) is 82.7 Å². The summed E-state index contributed by atoms with van der Waals surface area (Å²) in [6.45, 7) is 7.84. The topological polar surface area (TPSA) is 81.9 Å². The van der Waals surface area contributed by atoms with Crippen LogP contribution in [0.15, 0.2) is 22.8 Å². The van der Waals surface area contributed by atoms with Crippen molar-refractivity contribution in [2.45, 2.75) is 26.3 Å². The summed E-state index contributed by atoms with van der Waals surface area (Å²) in [7, 11) is 3.65. The summed E-state index contributed by atoms with van der Waals surface area (Å²) < 4.78 is 1.72. The first kappa shape index (κ1) is 21.8. The lowest BCUT2D eigenvalue weighted by atomic mass is 9.97. The number of hydrogen-bond donors (Lipinski definition) is 1. The summed E-state index contributed by atoms with van der Waals surface area (Å²) in [5.74, 6) is 1.52.